The van der Waals surface area contributed by atoms with Crippen LogP contribution < -0.4 is 5.32 Å². The van der Waals surface area contributed by atoms with Gasteiger partial charge in [0.15, 0.2) is 0 Å². The molecule has 0 aromatic rings. The fourth-order valence-electron chi connectivity index (χ4n) is 3.47. The van der Waals surface area contributed by atoms with E-state index in [2.05, 4.69) is 10.2 Å². The third-order valence-corrected chi connectivity index (χ3v) is 4.37. The molecule has 2 saturated heterocycles. The first-order valence-corrected chi connectivity index (χ1v) is 7.02. The fourth-order valence-corrected chi connectivity index (χ4v) is 3.47. The SMILES string of the molecule is Cl.O=C([C@@H]1CCCN1)N1CCOC2CCCCC21. The van der Waals surface area contributed by atoms with Crippen LogP contribution in [0.1, 0.15) is 38.5 Å². The smallest absolute Gasteiger partial charge is 0.240 e. The molecule has 2 unspecified atom stereocenters. The molecule has 1 aliphatic carbocycles. The average molecular weight is 275 g/mol. The van der Waals surface area contributed by atoms with Gasteiger partial charge < -0.3 is 15.0 Å². The zero-order chi connectivity index (χ0) is 11.7. The second kappa shape index (κ2) is 6.22. The largest absolute Gasteiger partial charge is 0.374 e. The molecule has 2 aliphatic heterocycles. The summed E-state index contributed by atoms with van der Waals surface area (Å²) in [5, 5.41) is 3.32. The van der Waals surface area contributed by atoms with Gasteiger partial charge in [-0.25, -0.2) is 0 Å². The first-order chi connectivity index (χ1) is 8.36. The van der Waals surface area contributed by atoms with E-state index in [1.165, 1.54) is 12.8 Å². The number of nitrogens with one attached hydrogen (secondary N) is 1. The summed E-state index contributed by atoms with van der Waals surface area (Å²) in [5.41, 5.74) is 0. The summed E-state index contributed by atoms with van der Waals surface area (Å²) >= 11 is 0. The summed E-state index contributed by atoms with van der Waals surface area (Å²) in [6, 6.07) is 0.433. The van der Waals surface area contributed by atoms with Crippen molar-refractivity contribution in [2.45, 2.75) is 56.7 Å². The summed E-state index contributed by atoms with van der Waals surface area (Å²) in [6.45, 7) is 2.51. The molecule has 3 atom stereocenters. The quantitative estimate of drug-likeness (QED) is 0.784. The lowest BCUT2D eigenvalue weighted by molar-refractivity contribution is -0.151. The number of fused-ring (bicyclic) bond motifs is 1. The van der Waals surface area contributed by atoms with Crippen LogP contribution in [0.2, 0.25) is 0 Å². The maximum Gasteiger partial charge on any atom is 0.240 e. The van der Waals surface area contributed by atoms with Gasteiger partial charge in [0.25, 0.3) is 0 Å². The van der Waals surface area contributed by atoms with Gasteiger partial charge in [0, 0.05) is 6.54 Å². The van der Waals surface area contributed by atoms with E-state index in [9.17, 15) is 4.79 Å². The second-order valence-corrected chi connectivity index (χ2v) is 5.44. The zero-order valence-electron chi connectivity index (χ0n) is 10.8. The van der Waals surface area contributed by atoms with Crippen LogP contribution in [0.3, 0.4) is 0 Å². The van der Waals surface area contributed by atoms with Gasteiger partial charge in [0.1, 0.15) is 0 Å². The molecule has 0 radical (unpaired) electrons. The molecule has 1 saturated carbocycles. The standard InChI is InChI=1S/C13H22N2O2.ClH/c16-13(10-4-3-7-14-10)15-8-9-17-12-6-2-1-5-11(12)15;/h10-12,14H,1-9H2;1H/t10-,11?,12?;/m0./s1. The van der Waals surface area contributed by atoms with Crippen molar-refractivity contribution in [2.24, 2.45) is 0 Å². The predicted octanol–water partition coefficient (Wildman–Crippen LogP) is 1.33. The number of morpholine rings is 1. The highest BCUT2D eigenvalue weighted by Gasteiger charge is 2.39. The number of amides is 1. The monoisotopic (exact) mass is 274 g/mol. The van der Waals surface area contributed by atoms with Crippen molar-refractivity contribution in [1.82, 2.24) is 10.2 Å². The number of nitrogens with zero attached hydrogens (tertiary/aromatic N) is 1. The summed E-state index contributed by atoms with van der Waals surface area (Å²) in [5.74, 6) is 0.322. The lowest BCUT2D eigenvalue weighted by Crippen LogP contribution is -2.58. The molecule has 3 fully saturated rings. The summed E-state index contributed by atoms with van der Waals surface area (Å²) in [4.78, 5) is 14.6. The third kappa shape index (κ3) is 2.65. The van der Waals surface area contributed by atoms with Crippen molar-refractivity contribution < 1.29 is 9.53 Å². The molecular formula is C13H23ClN2O2. The van der Waals surface area contributed by atoms with E-state index in [-0.39, 0.29) is 18.4 Å². The minimum absolute atomic E-state index is 0. The van der Waals surface area contributed by atoms with E-state index in [0.29, 0.717) is 18.1 Å². The molecule has 3 aliphatic rings. The van der Waals surface area contributed by atoms with Crippen LogP contribution in [0.15, 0.2) is 0 Å². The van der Waals surface area contributed by atoms with Crippen LogP contribution in [0.5, 0.6) is 0 Å². The second-order valence-electron chi connectivity index (χ2n) is 5.44. The van der Waals surface area contributed by atoms with Crippen molar-refractivity contribution >= 4 is 18.3 Å². The topological polar surface area (TPSA) is 41.6 Å². The van der Waals surface area contributed by atoms with Crippen molar-refractivity contribution in [3.05, 3.63) is 0 Å². The molecule has 3 rings (SSSR count). The Kier molecular flexibility index (Phi) is 4.87. The fraction of sp³-hybridized carbons (Fsp3) is 0.923. The zero-order valence-corrected chi connectivity index (χ0v) is 11.6. The van der Waals surface area contributed by atoms with E-state index in [4.69, 9.17) is 4.74 Å². The van der Waals surface area contributed by atoms with E-state index < -0.39 is 0 Å². The number of hydrogen-bond acceptors (Lipinski definition) is 3. The van der Waals surface area contributed by atoms with Crippen molar-refractivity contribution in [2.75, 3.05) is 19.7 Å². The van der Waals surface area contributed by atoms with Gasteiger partial charge in [-0.15, -0.1) is 12.4 Å². The predicted molar refractivity (Wildman–Crippen MR) is 72.0 cm³/mol. The van der Waals surface area contributed by atoms with Crippen LogP contribution >= 0.6 is 12.4 Å². The summed E-state index contributed by atoms with van der Waals surface area (Å²) in [7, 11) is 0. The Bertz CT molecular complexity index is 293. The normalized spacial score (nSPS) is 35.8. The Balaban J connectivity index is 0.00000120. The molecule has 0 bridgehead atoms. The first kappa shape index (κ1) is 14.1. The Hall–Kier alpha value is -0.320. The molecule has 104 valence electrons. The molecule has 0 spiro atoms. The molecule has 0 aromatic heterocycles. The minimum Gasteiger partial charge on any atom is -0.374 e. The van der Waals surface area contributed by atoms with Crippen molar-refractivity contribution in [3.8, 4) is 0 Å². The highest BCUT2D eigenvalue weighted by atomic mass is 35.5. The minimum atomic E-state index is 0. The van der Waals surface area contributed by atoms with Crippen LogP contribution in [0.4, 0.5) is 0 Å². The Labute approximate surface area is 115 Å². The average Bonchev–Trinajstić information content (AvgIpc) is 2.91. The van der Waals surface area contributed by atoms with Gasteiger partial charge in [-0.2, -0.15) is 0 Å². The molecule has 2 heterocycles. The lowest BCUT2D eigenvalue weighted by atomic mass is 9.89. The highest BCUT2D eigenvalue weighted by Crippen LogP contribution is 2.29. The molecular weight excluding hydrogens is 252 g/mol. The summed E-state index contributed by atoms with van der Waals surface area (Å²) < 4.78 is 5.81. The lowest BCUT2D eigenvalue weighted by Gasteiger charge is -2.44. The maximum absolute atomic E-state index is 12.5. The van der Waals surface area contributed by atoms with Gasteiger partial charge in [-0.3, -0.25) is 4.79 Å². The van der Waals surface area contributed by atoms with Gasteiger partial charge in [0.05, 0.1) is 24.8 Å². The number of halogens is 1. The van der Waals surface area contributed by atoms with Gasteiger partial charge in [-0.05, 0) is 32.2 Å². The number of rotatable bonds is 1. The number of carbonyl (C=O) groups is 1. The highest BCUT2D eigenvalue weighted by molar-refractivity contribution is 5.85. The Morgan fingerprint density at radius 1 is 1.17 bits per heavy atom. The van der Waals surface area contributed by atoms with Crippen LogP contribution in [0.25, 0.3) is 0 Å². The van der Waals surface area contributed by atoms with Crippen LogP contribution in [0, 0.1) is 0 Å². The molecule has 4 nitrogen and oxygen atoms in total. The van der Waals surface area contributed by atoms with E-state index in [1.807, 2.05) is 0 Å². The first-order valence-electron chi connectivity index (χ1n) is 7.02. The van der Waals surface area contributed by atoms with Gasteiger partial charge in [-0.1, -0.05) is 12.8 Å². The summed E-state index contributed by atoms with van der Waals surface area (Å²) in [6.07, 6.45) is 7.21. The number of hydrogen-bond donors (Lipinski definition) is 1. The van der Waals surface area contributed by atoms with Crippen molar-refractivity contribution in [1.29, 1.82) is 0 Å². The molecule has 1 N–H and O–H groups in total. The van der Waals surface area contributed by atoms with Gasteiger partial charge in [0.2, 0.25) is 5.91 Å². The molecule has 5 heteroatoms. The Morgan fingerprint density at radius 2 is 2.00 bits per heavy atom. The van der Waals surface area contributed by atoms with E-state index >= 15 is 0 Å². The van der Waals surface area contributed by atoms with Crippen molar-refractivity contribution in [3.63, 3.8) is 0 Å². The van der Waals surface area contributed by atoms with Crippen LogP contribution in [-0.2, 0) is 9.53 Å². The number of carbonyl (C=O) groups excluding carboxylic acids is 1. The number of ether oxygens (including phenoxy) is 1. The van der Waals surface area contributed by atoms with E-state index in [1.54, 1.807) is 0 Å². The maximum atomic E-state index is 12.5. The third-order valence-electron chi connectivity index (χ3n) is 4.37. The van der Waals surface area contributed by atoms with Crippen LogP contribution in [-0.4, -0.2) is 48.7 Å². The molecule has 1 amide bonds. The Morgan fingerprint density at radius 3 is 2.78 bits per heavy atom. The molecule has 18 heavy (non-hydrogen) atoms. The molecule has 0 aromatic carbocycles. The van der Waals surface area contributed by atoms with Gasteiger partial charge >= 0.3 is 0 Å². The van der Waals surface area contributed by atoms with E-state index in [0.717, 1.165) is 45.4 Å².